The van der Waals surface area contributed by atoms with Gasteiger partial charge in [0.25, 0.3) is 11.8 Å². The first-order valence-corrected chi connectivity index (χ1v) is 12.6. The monoisotopic (exact) mass is 448 g/mol. The number of hydrogen-bond donors (Lipinski definition) is 2. The lowest BCUT2D eigenvalue weighted by atomic mass is 9.54. The Morgan fingerprint density at radius 1 is 1.19 bits per heavy atom. The number of nitrogens with one attached hydrogen (secondary N) is 1. The second-order valence-electron chi connectivity index (χ2n) is 10.5. The number of amides is 1. The third kappa shape index (κ3) is 3.85. The Morgan fingerprint density at radius 3 is 2.35 bits per heavy atom. The van der Waals surface area contributed by atoms with Gasteiger partial charge < -0.3 is 19.7 Å². The van der Waals surface area contributed by atoms with E-state index in [1.54, 1.807) is 0 Å². The van der Waals surface area contributed by atoms with Gasteiger partial charge in [-0.1, -0.05) is 20.3 Å². The topological polar surface area (TPSA) is 102 Å². The molecule has 0 saturated heterocycles. The van der Waals surface area contributed by atoms with Gasteiger partial charge in [-0.05, 0) is 73.8 Å². The predicted octanol–water partition coefficient (Wildman–Crippen LogP) is 4.36. The molecule has 0 aliphatic heterocycles. The molecule has 31 heavy (non-hydrogen) atoms. The Bertz CT molecular complexity index is 834. The maximum Gasteiger partial charge on any atom is 0.313 e. The van der Waals surface area contributed by atoms with Gasteiger partial charge in [0.1, 0.15) is 16.9 Å². The van der Waals surface area contributed by atoms with Crippen LogP contribution in [0.2, 0.25) is 0 Å². The van der Waals surface area contributed by atoms with Crippen LogP contribution in [-0.2, 0) is 4.79 Å². The summed E-state index contributed by atoms with van der Waals surface area (Å²) in [4.78, 5) is 25.5. The van der Waals surface area contributed by atoms with Crippen LogP contribution in [0, 0.1) is 29.1 Å². The predicted molar refractivity (Wildman–Crippen MR) is 115 cm³/mol. The fraction of sp³-hybridized carbons (Fsp3) is 0.783. The zero-order chi connectivity index (χ0) is 21.8. The smallest absolute Gasteiger partial charge is 0.313 e. The summed E-state index contributed by atoms with van der Waals surface area (Å²) >= 11 is 1.47. The lowest BCUT2D eigenvalue weighted by molar-refractivity contribution is -0.157. The van der Waals surface area contributed by atoms with Crippen molar-refractivity contribution in [2.24, 2.45) is 29.1 Å². The summed E-state index contributed by atoms with van der Waals surface area (Å²) in [5.41, 5.74) is -0.846. The summed E-state index contributed by atoms with van der Waals surface area (Å²) < 4.78 is 11.3. The van der Waals surface area contributed by atoms with Crippen LogP contribution in [0.3, 0.4) is 0 Å². The molecule has 0 radical (unpaired) electrons. The molecule has 5 aliphatic rings. The van der Waals surface area contributed by atoms with Gasteiger partial charge in [-0.2, -0.15) is 0 Å². The van der Waals surface area contributed by atoms with Crippen molar-refractivity contribution in [2.45, 2.75) is 81.4 Å². The van der Waals surface area contributed by atoms with Gasteiger partial charge in [0.15, 0.2) is 0 Å². The quantitative estimate of drug-likeness (QED) is 0.570. The van der Waals surface area contributed by atoms with Gasteiger partial charge in [-0.3, -0.25) is 9.59 Å². The molecule has 0 aromatic carbocycles. The van der Waals surface area contributed by atoms with Gasteiger partial charge in [-0.25, -0.2) is 0 Å². The van der Waals surface area contributed by atoms with E-state index in [1.165, 1.54) is 43.9 Å². The van der Waals surface area contributed by atoms with Crippen molar-refractivity contribution < 1.29 is 24.0 Å². The van der Waals surface area contributed by atoms with Gasteiger partial charge >= 0.3 is 5.97 Å². The van der Waals surface area contributed by atoms with E-state index in [1.807, 2.05) is 13.8 Å². The van der Waals surface area contributed by atoms with Crippen LogP contribution in [0.5, 0.6) is 5.88 Å². The highest BCUT2D eigenvalue weighted by molar-refractivity contribution is 8.00. The van der Waals surface area contributed by atoms with E-state index in [2.05, 4.69) is 10.5 Å². The molecule has 1 heterocycles. The standard InChI is InChI=1S/C23H32N2O5S/c1-12(2)31-19-18(30-25-21(19)29-11-23(22(27)28)4-3-5-23)20(26)24-17-15-7-13-6-14(9-15)10-16(17)8-13/h12-17H,3-11H2,1-2H3,(H,24,26)(H,27,28). The summed E-state index contributed by atoms with van der Waals surface area (Å²) in [6.07, 6.45) is 8.40. The summed E-state index contributed by atoms with van der Waals surface area (Å²) in [6, 6.07) is 0.219. The molecule has 0 atom stereocenters. The van der Waals surface area contributed by atoms with Crippen LogP contribution < -0.4 is 10.1 Å². The third-order valence-electron chi connectivity index (χ3n) is 7.95. The third-order valence-corrected chi connectivity index (χ3v) is 9.02. The molecule has 1 aromatic rings. The van der Waals surface area contributed by atoms with Crippen molar-refractivity contribution >= 4 is 23.6 Å². The summed E-state index contributed by atoms with van der Waals surface area (Å²) in [6.45, 7) is 4.12. The van der Waals surface area contributed by atoms with E-state index in [4.69, 9.17) is 9.26 Å². The van der Waals surface area contributed by atoms with E-state index in [-0.39, 0.29) is 35.4 Å². The molecule has 6 rings (SSSR count). The van der Waals surface area contributed by atoms with Crippen molar-refractivity contribution in [1.29, 1.82) is 0 Å². The maximum atomic E-state index is 13.2. The molecule has 5 fully saturated rings. The number of hydrogen-bond acceptors (Lipinski definition) is 6. The van der Waals surface area contributed by atoms with E-state index in [0.717, 1.165) is 18.3 Å². The molecule has 8 heteroatoms. The number of carboxylic acids is 1. The first-order valence-electron chi connectivity index (χ1n) is 11.7. The average Bonchev–Trinajstić information content (AvgIpc) is 3.05. The zero-order valence-corrected chi connectivity index (χ0v) is 19.1. The van der Waals surface area contributed by atoms with Crippen molar-refractivity contribution in [3.8, 4) is 5.88 Å². The van der Waals surface area contributed by atoms with Crippen LogP contribution in [0.4, 0.5) is 0 Å². The van der Waals surface area contributed by atoms with Crippen LogP contribution >= 0.6 is 11.8 Å². The molecular formula is C23H32N2O5S. The van der Waals surface area contributed by atoms with Crippen molar-refractivity contribution in [3.05, 3.63) is 5.76 Å². The SMILES string of the molecule is CC(C)Sc1c(OCC2(C(=O)O)CCC2)noc1C(=O)NC1C2CC3CC(C2)CC1C3. The molecular weight excluding hydrogens is 416 g/mol. The molecule has 5 aliphatic carbocycles. The van der Waals surface area contributed by atoms with E-state index >= 15 is 0 Å². The molecule has 0 spiro atoms. The number of aromatic nitrogens is 1. The normalized spacial score (nSPS) is 32.7. The number of ether oxygens (including phenoxy) is 1. The number of thioether (sulfide) groups is 1. The Labute approximate surface area is 187 Å². The number of carbonyl (C=O) groups is 2. The first kappa shape index (κ1) is 21.2. The molecule has 4 bridgehead atoms. The van der Waals surface area contributed by atoms with Crippen molar-refractivity contribution in [1.82, 2.24) is 10.5 Å². The molecule has 7 nitrogen and oxygen atoms in total. The second kappa shape index (κ2) is 8.01. The number of carboxylic acid groups (broad SMARTS) is 1. The van der Waals surface area contributed by atoms with Gasteiger partial charge in [-0.15, -0.1) is 11.8 Å². The fourth-order valence-electron chi connectivity index (χ4n) is 6.45. The minimum atomic E-state index is -0.846. The van der Waals surface area contributed by atoms with Gasteiger partial charge in [0, 0.05) is 11.3 Å². The number of rotatable bonds is 8. The average molecular weight is 449 g/mol. The lowest BCUT2D eigenvalue weighted by Crippen LogP contribution is -2.55. The largest absolute Gasteiger partial charge is 0.481 e. The highest BCUT2D eigenvalue weighted by Gasteiger charge is 2.49. The maximum absolute atomic E-state index is 13.2. The molecule has 1 aromatic heterocycles. The second-order valence-corrected chi connectivity index (χ2v) is 12.1. The first-order chi connectivity index (χ1) is 14.8. The highest BCUT2D eigenvalue weighted by atomic mass is 32.2. The Balaban J connectivity index is 1.31. The molecule has 170 valence electrons. The number of nitrogens with zero attached hydrogens (tertiary/aromatic N) is 1. The van der Waals surface area contributed by atoms with Gasteiger partial charge in [0.2, 0.25) is 5.76 Å². The lowest BCUT2D eigenvalue weighted by Gasteiger charge is -2.54. The van der Waals surface area contributed by atoms with E-state index in [9.17, 15) is 14.7 Å². The zero-order valence-electron chi connectivity index (χ0n) is 18.3. The van der Waals surface area contributed by atoms with Crippen molar-refractivity contribution in [2.75, 3.05) is 6.61 Å². The van der Waals surface area contributed by atoms with E-state index < -0.39 is 11.4 Å². The Hall–Kier alpha value is -1.70. The van der Waals surface area contributed by atoms with Crippen LogP contribution in [-0.4, -0.2) is 40.0 Å². The molecule has 0 unspecified atom stereocenters. The minimum absolute atomic E-state index is 0.0527. The van der Waals surface area contributed by atoms with Crippen LogP contribution in [0.1, 0.15) is 75.8 Å². The Morgan fingerprint density at radius 2 is 1.84 bits per heavy atom. The summed E-state index contributed by atoms with van der Waals surface area (Å²) in [5.74, 6) is 2.23. The number of aliphatic carboxylic acids is 1. The molecule has 2 N–H and O–H groups in total. The summed E-state index contributed by atoms with van der Waals surface area (Å²) in [7, 11) is 0. The van der Waals surface area contributed by atoms with Gasteiger partial charge in [0.05, 0.1) is 0 Å². The van der Waals surface area contributed by atoms with Crippen LogP contribution in [0.15, 0.2) is 9.42 Å². The van der Waals surface area contributed by atoms with E-state index in [0.29, 0.717) is 29.6 Å². The van der Waals surface area contributed by atoms with Crippen LogP contribution in [0.25, 0.3) is 0 Å². The highest BCUT2D eigenvalue weighted by Crippen LogP contribution is 2.54. The Kier molecular flexibility index (Phi) is 5.47. The minimum Gasteiger partial charge on any atom is -0.481 e. The molecule has 1 amide bonds. The fourth-order valence-corrected chi connectivity index (χ4v) is 7.36. The summed E-state index contributed by atoms with van der Waals surface area (Å²) in [5, 5.41) is 17.1. The van der Waals surface area contributed by atoms with Crippen molar-refractivity contribution in [3.63, 3.8) is 0 Å². The number of carbonyl (C=O) groups excluding carboxylic acids is 1. The molecule has 5 saturated carbocycles.